The number of hydrogen-bond acceptors (Lipinski definition) is 5. The SMILES string of the molecule is Cc1cccc(-n2nc(-c3ccccc3)c3c2N(CC(=O)N2CCOCC2)C(=O)CS[C@H]3c2cccc(F)c2)c1. The highest BCUT2D eigenvalue weighted by atomic mass is 32.2. The number of halogens is 1. The summed E-state index contributed by atoms with van der Waals surface area (Å²) in [5.74, 6) is -0.0126. The maximum absolute atomic E-state index is 14.5. The number of fused-ring (bicyclic) bond motifs is 1. The van der Waals surface area contributed by atoms with E-state index in [2.05, 4.69) is 0 Å². The predicted octanol–water partition coefficient (Wildman–Crippen LogP) is 5.01. The number of aryl methyl sites for hydroxylation is 1. The highest BCUT2D eigenvalue weighted by Crippen LogP contribution is 2.48. The Morgan fingerprint density at radius 2 is 1.80 bits per heavy atom. The molecule has 0 unspecified atom stereocenters. The monoisotopic (exact) mass is 556 g/mol. The van der Waals surface area contributed by atoms with Crippen molar-refractivity contribution in [2.75, 3.05) is 43.5 Å². The number of rotatable bonds is 5. The van der Waals surface area contributed by atoms with Crippen LogP contribution in [0.2, 0.25) is 0 Å². The molecule has 1 fully saturated rings. The van der Waals surface area contributed by atoms with Crippen LogP contribution in [0.25, 0.3) is 16.9 Å². The van der Waals surface area contributed by atoms with E-state index in [1.807, 2.05) is 67.6 Å². The fourth-order valence-electron chi connectivity index (χ4n) is 5.25. The summed E-state index contributed by atoms with van der Waals surface area (Å²) >= 11 is 1.43. The van der Waals surface area contributed by atoms with Crippen molar-refractivity contribution in [3.05, 3.63) is 101 Å². The van der Waals surface area contributed by atoms with Crippen molar-refractivity contribution in [3.8, 4) is 16.9 Å². The number of anilines is 1. The van der Waals surface area contributed by atoms with Crippen LogP contribution in [0.4, 0.5) is 10.2 Å². The largest absolute Gasteiger partial charge is 0.378 e. The highest BCUT2D eigenvalue weighted by Gasteiger charge is 2.38. The van der Waals surface area contributed by atoms with Crippen molar-refractivity contribution in [2.45, 2.75) is 12.2 Å². The van der Waals surface area contributed by atoms with E-state index >= 15 is 0 Å². The molecule has 1 atom stereocenters. The molecule has 7 nitrogen and oxygen atoms in total. The number of carbonyl (C=O) groups is 2. The number of benzene rings is 3. The van der Waals surface area contributed by atoms with Crippen molar-refractivity contribution in [2.24, 2.45) is 0 Å². The van der Waals surface area contributed by atoms with Gasteiger partial charge in [-0.1, -0.05) is 54.6 Å². The summed E-state index contributed by atoms with van der Waals surface area (Å²) in [4.78, 5) is 30.6. The molecule has 0 saturated carbocycles. The van der Waals surface area contributed by atoms with E-state index in [0.29, 0.717) is 37.8 Å². The van der Waals surface area contributed by atoms with Crippen LogP contribution in [0.3, 0.4) is 0 Å². The quantitative estimate of drug-likeness (QED) is 0.346. The van der Waals surface area contributed by atoms with Gasteiger partial charge in [0.1, 0.15) is 18.2 Å². The van der Waals surface area contributed by atoms with Crippen LogP contribution in [-0.2, 0) is 14.3 Å². The van der Waals surface area contributed by atoms with E-state index in [1.165, 1.54) is 23.9 Å². The molecule has 0 aliphatic carbocycles. The fraction of sp³-hybridized carbons (Fsp3) is 0.258. The normalized spacial score (nSPS) is 17.4. The van der Waals surface area contributed by atoms with Crippen LogP contribution in [0.1, 0.15) is 21.9 Å². The topological polar surface area (TPSA) is 67.7 Å². The number of thioether (sulfide) groups is 1. The Balaban J connectivity index is 1.59. The third-order valence-corrected chi connectivity index (χ3v) is 8.45. The zero-order valence-corrected chi connectivity index (χ0v) is 22.9. The summed E-state index contributed by atoms with van der Waals surface area (Å²) in [7, 11) is 0. The maximum atomic E-state index is 14.5. The molecule has 2 aliphatic heterocycles. The molecule has 1 saturated heterocycles. The summed E-state index contributed by atoms with van der Waals surface area (Å²) in [5, 5.41) is 4.71. The molecule has 0 N–H and O–H groups in total. The van der Waals surface area contributed by atoms with Gasteiger partial charge in [-0.3, -0.25) is 14.5 Å². The summed E-state index contributed by atoms with van der Waals surface area (Å²) in [6.07, 6.45) is 0. The van der Waals surface area contributed by atoms with Gasteiger partial charge in [0, 0.05) is 24.2 Å². The van der Waals surface area contributed by atoms with Gasteiger partial charge < -0.3 is 9.64 Å². The van der Waals surface area contributed by atoms with Gasteiger partial charge in [-0.25, -0.2) is 9.07 Å². The summed E-state index contributed by atoms with van der Waals surface area (Å²) in [6.45, 7) is 3.80. The van der Waals surface area contributed by atoms with Gasteiger partial charge in [-0.2, -0.15) is 5.10 Å². The van der Waals surface area contributed by atoms with Crippen LogP contribution in [0.15, 0.2) is 78.9 Å². The molecule has 204 valence electrons. The van der Waals surface area contributed by atoms with Crippen LogP contribution < -0.4 is 4.90 Å². The van der Waals surface area contributed by atoms with Crippen LogP contribution in [0, 0.1) is 12.7 Å². The Labute approximate surface area is 236 Å². The number of nitrogens with zero attached hydrogens (tertiary/aromatic N) is 4. The van der Waals surface area contributed by atoms with Crippen LogP contribution >= 0.6 is 11.8 Å². The second-order valence-corrected chi connectivity index (χ2v) is 11.0. The Kier molecular flexibility index (Phi) is 7.40. The maximum Gasteiger partial charge on any atom is 0.242 e. The lowest BCUT2D eigenvalue weighted by Crippen LogP contribution is -2.48. The van der Waals surface area contributed by atoms with Crippen molar-refractivity contribution in [1.82, 2.24) is 14.7 Å². The summed E-state index contributed by atoms with van der Waals surface area (Å²) in [5.41, 5.74) is 4.90. The van der Waals surface area contributed by atoms with Crippen molar-refractivity contribution >= 4 is 29.4 Å². The lowest BCUT2D eigenvalue weighted by Gasteiger charge is -2.30. The minimum atomic E-state index is -0.382. The Morgan fingerprint density at radius 3 is 2.55 bits per heavy atom. The number of ether oxygens (including phenoxy) is 1. The molecule has 1 aromatic heterocycles. The Bertz CT molecular complexity index is 1550. The molecule has 0 radical (unpaired) electrons. The second kappa shape index (κ2) is 11.3. The number of aromatic nitrogens is 2. The average Bonchev–Trinajstić information content (AvgIpc) is 3.30. The minimum absolute atomic E-state index is 0.117. The van der Waals surface area contributed by atoms with E-state index in [1.54, 1.807) is 20.5 Å². The Morgan fingerprint density at radius 1 is 1.02 bits per heavy atom. The first-order valence-electron chi connectivity index (χ1n) is 13.3. The molecule has 6 rings (SSSR count). The smallest absolute Gasteiger partial charge is 0.242 e. The number of carbonyl (C=O) groups excluding carboxylic acids is 2. The van der Waals surface area contributed by atoms with Crippen molar-refractivity contribution < 1.29 is 18.7 Å². The first-order chi connectivity index (χ1) is 19.5. The van der Waals surface area contributed by atoms with E-state index in [-0.39, 0.29) is 35.2 Å². The molecule has 40 heavy (non-hydrogen) atoms. The molecule has 9 heteroatoms. The Hall–Kier alpha value is -3.95. The molecular formula is C31H29FN4O3S. The lowest BCUT2D eigenvalue weighted by atomic mass is 9.99. The van der Waals surface area contributed by atoms with Crippen LogP contribution in [0.5, 0.6) is 0 Å². The third-order valence-electron chi connectivity index (χ3n) is 7.19. The molecular weight excluding hydrogens is 527 g/mol. The molecule has 3 aromatic carbocycles. The molecule has 0 spiro atoms. The predicted molar refractivity (Wildman–Crippen MR) is 154 cm³/mol. The van der Waals surface area contributed by atoms with Gasteiger partial charge in [0.2, 0.25) is 11.8 Å². The van der Waals surface area contributed by atoms with Crippen molar-refractivity contribution in [1.29, 1.82) is 0 Å². The van der Waals surface area contributed by atoms with E-state index < -0.39 is 0 Å². The zero-order chi connectivity index (χ0) is 27.6. The summed E-state index contributed by atoms with van der Waals surface area (Å²) < 4.78 is 21.7. The van der Waals surface area contributed by atoms with E-state index in [4.69, 9.17) is 9.84 Å². The van der Waals surface area contributed by atoms with Gasteiger partial charge in [-0.15, -0.1) is 11.8 Å². The van der Waals surface area contributed by atoms with Gasteiger partial charge in [-0.05, 0) is 42.3 Å². The average molecular weight is 557 g/mol. The van der Waals surface area contributed by atoms with E-state index in [9.17, 15) is 14.0 Å². The fourth-order valence-corrected chi connectivity index (χ4v) is 6.44. The third kappa shape index (κ3) is 5.14. The van der Waals surface area contributed by atoms with E-state index in [0.717, 1.165) is 27.9 Å². The van der Waals surface area contributed by atoms with Gasteiger partial charge in [0.15, 0.2) is 0 Å². The molecule has 2 amide bonds. The number of amides is 2. The number of hydrogen-bond donors (Lipinski definition) is 0. The number of morpholine rings is 1. The molecule has 2 aliphatic rings. The highest BCUT2D eigenvalue weighted by molar-refractivity contribution is 8.00. The first-order valence-corrected chi connectivity index (χ1v) is 14.3. The minimum Gasteiger partial charge on any atom is -0.378 e. The molecule has 3 heterocycles. The van der Waals surface area contributed by atoms with Gasteiger partial charge in [0.05, 0.1) is 35.6 Å². The summed E-state index contributed by atoms with van der Waals surface area (Å²) in [6, 6.07) is 24.2. The standard InChI is InChI=1S/C31H29FN4O3S/c1-21-7-5-12-25(17-21)36-31-28(29(33-36)22-8-3-2-4-9-22)30(23-10-6-11-24(32)18-23)40-20-27(38)35(31)19-26(37)34-13-15-39-16-14-34/h2-12,17-18,30H,13-16,19-20H2,1H3/t30-/m0/s1. The lowest BCUT2D eigenvalue weighted by molar-refractivity contribution is -0.134. The van der Waals surface area contributed by atoms with Crippen molar-refractivity contribution in [3.63, 3.8) is 0 Å². The first kappa shape index (κ1) is 26.3. The van der Waals surface area contributed by atoms with Gasteiger partial charge in [0.25, 0.3) is 0 Å². The molecule has 0 bridgehead atoms. The second-order valence-electron chi connectivity index (χ2n) is 9.92. The van der Waals surface area contributed by atoms with Gasteiger partial charge >= 0.3 is 0 Å². The molecule has 4 aromatic rings. The van der Waals surface area contributed by atoms with Crippen LogP contribution in [-0.4, -0.2) is 65.1 Å². The zero-order valence-electron chi connectivity index (χ0n) is 22.1.